The van der Waals surface area contributed by atoms with Crippen LogP contribution >= 0.6 is 35.1 Å². The maximum atomic E-state index is 13.1. The number of nitrogens with zero attached hydrogens (tertiary/aromatic N) is 1. The Morgan fingerprint density at radius 2 is 1.84 bits per heavy atom. The fourth-order valence-corrected chi connectivity index (χ4v) is 5.95. The molecule has 0 amide bonds. The van der Waals surface area contributed by atoms with Gasteiger partial charge in [-0.1, -0.05) is 53.2 Å². The molecule has 0 fully saturated rings. The maximum Gasteiger partial charge on any atom is 0.210 e. The molecule has 0 saturated heterocycles. The third kappa shape index (κ3) is 7.84. The Kier molecular flexibility index (Phi) is 10.1. The van der Waals surface area contributed by atoms with Gasteiger partial charge in [-0.3, -0.25) is 9.59 Å². The van der Waals surface area contributed by atoms with Crippen molar-refractivity contribution in [1.29, 1.82) is 0 Å². The molecule has 0 bridgehead atoms. The molecule has 2 aromatic rings. The summed E-state index contributed by atoms with van der Waals surface area (Å²) in [7, 11) is 1.46. The van der Waals surface area contributed by atoms with Crippen LogP contribution in [-0.2, 0) is 9.63 Å². The van der Waals surface area contributed by atoms with Gasteiger partial charge in [0.05, 0.1) is 0 Å². The topological polar surface area (TPSA) is 55.7 Å². The van der Waals surface area contributed by atoms with Gasteiger partial charge in [0.25, 0.3) is 0 Å². The summed E-state index contributed by atoms with van der Waals surface area (Å²) in [6.07, 6.45) is 14.8. The van der Waals surface area contributed by atoms with Gasteiger partial charge < -0.3 is 4.84 Å². The fourth-order valence-electron chi connectivity index (χ4n) is 3.97. The van der Waals surface area contributed by atoms with Crippen LogP contribution in [0.2, 0.25) is 5.02 Å². The average Bonchev–Trinajstić information content (AvgIpc) is 2.94. The Morgan fingerprint density at radius 1 is 1.08 bits per heavy atom. The van der Waals surface area contributed by atoms with E-state index in [1.54, 1.807) is 23.5 Å². The molecule has 0 aliphatic heterocycles. The number of carbonyl (C=O) groups is 2. The van der Waals surface area contributed by atoms with Crippen molar-refractivity contribution in [2.75, 3.05) is 12.9 Å². The second kappa shape index (κ2) is 13.7. The van der Waals surface area contributed by atoms with Gasteiger partial charge in [-0.2, -0.15) is 0 Å². The molecule has 1 unspecified atom stereocenters. The summed E-state index contributed by atoms with van der Waals surface area (Å²) in [5, 5.41) is 4.92. The molecule has 2 aromatic carbocycles. The summed E-state index contributed by atoms with van der Waals surface area (Å²) in [5.74, 6) is 0.704. The lowest BCUT2D eigenvalue weighted by molar-refractivity contribution is -0.109. The van der Waals surface area contributed by atoms with Crippen LogP contribution in [0.1, 0.15) is 36.0 Å². The number of halogens is 1. The molecule has 0 heterocycles. The normalized spacial score (nSPS) is 17.2. The number of ketones is 2. The SMILES string of the molecule is CO/N=C(\CCSc1ccc(Cl)cc1)C(=O)C1=CCC(Sc2ccc(C(=O)C3=CC=CCC3)cc2)C=C1. The quantitative estimate of drug-likeness (QED) is 0.123. The minimum atomic E-state index is -0.104. The van der Waals surface area contributed by atoms with Crippen molar-refractivity contribution in [2.45, 2.75) is 40.7 Å². The zero-order valence-corrected chi connectivity index (χ0v) is 23.0. The first-order valence-corrected chi connectivity index (χ1v) is 14.4. The summed E-state index contributed by atoms with van der Waals surface area (Å²) >= 11 is 9.31. The molecular formula is C30H28ClNO3S2. The first-order valence-electron chi connectivity index (χ1n) is 12.1. The number of oxime groups is 1. The number of Topliss-reactive ketones (excluding diaryl/α,β-unsaturated/α-hetero) is 2. The predicted molar refractivity (Wildman–Crippen MR) is 155 cm³/mol. The zero-order chi connectivity index (χ0) is 26.0. The number of thioether (sulfide) groups is 2. The van der Waals surface area contributed by atoms with Gasteiger partial charge in [0, 0.05) is 48.9 Å². The van der Waals surface area contributed by atoms with E-state index in [9.17, 15) is 9.59 Å². The molecule has 190 valence electrons. The van der Waals surface area contributed by atoms with Crippen molar-refractivity contribution in [3.63, 3.8) is 0 Å². The number of allylic oxidation sites excluding steroid dienone is 7. The smallest absolute Gasteiger partial charge is 0.210 e. The fraction of sp³-hybridized carbons (Fsp3) is 0.233. The summed E-state index contributed by atoms with van der Waals surface area (Å²) < 4.78 is 0. The van der Waals surface area contributed by atoms with Gasteiger partial charge in [-0.15, -0.1) is 23.5 Å². The highest BCUT2D eigenvalue weighted by molar-refractivity contribution is 8.00. The highest BCUT2D eigenvalue weighted by atomic mass is 35.5. The van der Waals surface area contributed by atoms with Crippen molar-refractivity contribution in [3.8, 4) is 0 Å². The molecule has 0 N–H and O–H groups in total. The Bertz CT molecular complexity index is 1270. The lowest BCUT2D eigenvalue weighted by atomic mass is 9.96. The number of rotatable bonds is 11. The molecule has 0 spiro atoms. The lowest BCUT2D eigenvalue weighted by Gasteiger charge is -2.16. The van der Waals surface area contributed by atoms with Crippen LogP contribution in [0.5, 0.6) is 0 Å². The Morgan fingerprint density at radius 3 is 2.49 bits per heavy atom. The van der Waals surface area contributed by atoms with E-state index < -0.39 is 0 Å². The van der Waals surface area contributed by atoms with Crippen molar-refractivity contribution >= 4 is 52.4 Å². The van der Waals surface area contributed by atoms with E-state index in [0.29, 0.717) is 28.5 Å². The van der Waals surface area contributed by atoms with Crippen LogP contribution in [0, 0.1) is 0 Å². The molecule has 37 heavy (non-hydrogen) atoms. The van der Waals surface area contributed by atoms with Gasteiger partial charge >= 0.3 is 0 Å². The van der Waals surface area contributed by atoms with Crippen LogP contribution in [-0.4, -0.2) is 35.4 Å². The molecule has 1 atom stereocenters. The van der Waals surface area contributed by atoms with Crippen molar-refractivity contribution < 1.29 is 14.4 Å². The van der Waals surface area contributed by atoms with Gasteiger partial charge in [-0.05, 0) is 67.8 Å². The van der Waals surface area contributed by atoms with E-state index in [4.69, 9.17) is 16.4 Å². The Balaban J connectivity index is 1.29. The molecule has 7 heteroatoms. The van der Waals surface area contributed by atoms with Crippen molar-refractivity contribution in [2.24, 2.45) is 5.16 Å². The molecule has 4 rings (SSSR count). The van der Waals surface area contributed by atoms with Gasteiger partial charge in [0.2, 0.25) is 5.78 Å². The lowest BCUT2D eigenvalue weighted by Crippen LogP contribution is -2.19. The van der Waals surface area contributed by atoms with E-state index in [0.717, 1.165) is 40.2 Å². The minimum Gasteiger partial charge on any atom is -0.399 e. The van der Waals surface area contributed by atoms with Gasteiger partial charge in [0.15, 0.2) is 5.78 Å². The molecule has 2 aliphatic carbocycles. The summed E-state index contributed by atoms with van der Waals surface area (Å²) in [6.45, 7) is 0. The second-order valence-corrected chi connectivity index (χ2v) is 11.4. The monoisotopic (exact) mass is 549 g/mol. The van der Waals surface area contributed by atoms with E-state index in [1.165, 1.54) is 7.11 Å². The number of carbonyl (C=O) groups excluding carboxylic acids is 2. The highest BCUT2D eigenvalue weighted by Crippen LogP contribution is 2.31. The molecule has 2 aliphatic rings. The highest BCUT2D eigenvalue weighted by Gasteiger charge is 2.20. The van der Waals surface area contributed by atoms with E-state index >= 15 is 0 Å². The molecule has 0 aromatic heterocycles. The number of benzene rings is 2. The predicted octanol–water partition coefficient (Wildman–Crippen LogP) is 7.90. The Hall–Kier alpha value is -2.80. The summed E-state index contributed by atoms with van der Waals surface area (Å²) in [6, 6.07) is 15.4. The van der Waals surface area contributed by atoms with Crippen LogP contribution < -0.4 is 0 Å². The molecule has 4 nitrogen and oxygen atoms in total. The van der Waals surface area contributed by atoms with Crippen LogP contribution in [0.4, 0.5) is 0 Å². The largest absolute Gasteiger partial charge is 0.399 e. The first kappa shape index (κ1) is 27.2. The zero-order valence-electron chi connectivity index (χ0n) is 20.6. The number of hydrogen-bond donors (Lipinski definition) is 0. The van der Waals surface area contributed by atoms with E-state index in [2.05, 4.69) is 17.3 Å². The third-order valence-corrected chi connectivity index (χ3v) is 8.38. The van der Waals surface area contributed by atoms with Crippen LogP contribution in [0.15, 0.2) is 111 Å². The van der Waals surface area contributed by atoms with Crippen molar-refractivity contribution in [1.82, 2.24) is 0 Å². The van der Waals surface area contributed by atoms with Gasteiger partial charge in [0.1, 0.15) is 12.8 Å². The molecular weight excluding hydrogens is 522 g/mol. The third-order valence-electron chi connectivity index (χ3n) is 5.92. The van der Waals surface area contributed by atoms with E-state index in [-0.39, 0.29) is 16.8 Å². The Labute approximate surface area is 231 Å². The second-order valence-electron chi connectivity index (χ2n) is 8.52. The standard InChI is InChI=1S/C30H28ClNO3S2/c1-35-32-28(19-20-36-25-17-11-24(31)12-18-25)30(34)23-9-15-27(16-10-23)37-26-13-7-22(8-14-26)29(33)21-5-3-2-4-6-21/h2-3,5,7-15,17-18,27H,4,6,16,19-20H2,1H3/b32-28+. The minimum absolute atomic E-state index is 0.102. The average molecular weight is 550 g/mol. The van der Waals surface area contributed by atoms with Crippen molar-refractivity contribution in [3.05, 3.63) is 107 Å². The number of hydrogen-bond acceptors (Lipinski definition) is 6. The van der Waals surface area contributed by atoms with Crippen LogP contribution in [0.25, 0.3) is 0 Å². The molecule has 0 saturated carbocycles. The van der Waals surface area contributed by atoms with Gasteiger partial charge in [-0.25, -0.2) is 0 Å². The van der Waals surface area contributed by atoms with E-state index in [1.807, 2.05) is 72.8 Å². The maximum absolute atomic E-state index is 13.1. The summed E-state index contributed by atoms with van der Waals surface area (Å²) in [4.78, 5) is 32.9. The first-order chi connectivity index (χ1) is 18.0. The molecule has 0 radical (unpaired) electrons. The summed E-state index contributed by atoms with van der Waals surface area (Å²) in [5.41, 5.74) is 2.63. The van der Waals surface area contributed by atoms with Crippen LogP contribution in [0.3, 0.4) is 0 Å².